The van der Waals surface area contributed by atoms with Crippen molar-refractivity contribution in [3.8, 4) is 0 Å². The van der Waals surface area contributed by atoms with Crippen molar-refractivity contribution >= 4 is 11.3 Å². The fourth-order valence-electron chi connectivity index (χ4n) is 1.05. The zero-order valence-electron chi connectivity index (χ0n) is 8.42. The van der Waals surface area contributed by atoms with Crippen LogP contribution in [0.1, 0.15) is 11.8 Å². The Morgan fingerprint density at radius 2 is 2.38 bits per heavy atom. The summed E-state index contributed by atoms with van der Waals surface area (Å²) in [5.41, 5.74) is 0. The van der Waals surface area contributed by atoms with E-state index in [-0.39, 0.29) is 0 Å². The molecule has 0 radical (unpaired) electrons. The lowest BCUT2D eigenvalue weighted by atomic mass is 10.4. The van der Waals surface area contributed by atoms with Gasteiger partial charge >= 0.3 is 0 Å². The molecule has 0 bridgehead atoms. The lowest BCUT2D eigenvalue weighted by molar-refractivity contribution is 0.349. The van der Waals surface area contributed by atoms with E-state index in [9.17, 15) is 0 Å². The quantitative estimate of drug-likeness (QED) is 0.701. The molecule has 1 rings (SSSR count). The molecule has 1 aromatic rings. The number of hydrogen-bond donors (Lipinski definition) is 1. The molecule has 0 aliphatic heterocycles. The summed E-state index contributed by atoms with van der Waals surface area (Å²) in [4.78, 5) is 3.72. The van der Waals surface area contributed by atoms with Gasteiger partial charge < -0.3 is 10.2 Å². The number of nitrogens with one attached hydrogen (secondary N) is 1. The predicted molar refractivity (Wildman–Crippen MR) is 59.2 cm³/mol. The molecule has 1 heterocycles. The summed E-state index contributed by atoms with van der Waals surface area (Å²) in [6.45, 7) is 6.51. The second-order valence-electron chi connectivity index (χ2n) is 3.15. The molecule has 0 aromatic carbocycles. The summed E-state index contributed by atoms with van der Waals surface area (Å²) < 4.78 is 0. The molecule has 0 saturated heterocycles. The second-order valence-corrected chi connectivity index (χ2v) is 4.18. The number of rotatable bonds is 6. The van der Waals surface area contributed by atoms with Gasteiger partial charge in [-0.2, -0.15) is 0 Å². The summed E-state index contributed by atoms with van der Waals surface area (Å²) in [5, 5.41) is 5.54. The number of nitrogens with zero attached hydrogens (tertiary/aromatic N) is 1. The van der Waals surface area contributed by atoms with Gasteiger partial charge in [-0.25, -0.2) is 0 Å². The van der Waals surface area contributed by atoms with E-state index in [4.69, 9.17) is 0 Å². The third-order valence-corrected chi connectivity index (χ3v) is 2.97. The maximum Gasteiger partial charge on any atom is 0.0300 e. The number of likely N-dealkylation sites (N-methyl/N-ethyl adjacent to an activating group) is 1. The lowest BCUT2D eigenvalue weighted by Crippen LogP contribution is -2.28. The Morgan fingerprint density at radius 3 is 3.00 bits per heavy atom. The van der Waals surface area contributed by atoms with Crippen molar-refractivity contribution in [2.24, 2.45) is 0 Å². The minimum atomic E-state index is 1.01. The number of hydrogen-bond acceptors (Lipinski definition) is 3. The van der Waals surface area contributed by atoms with Crippen LogP contribution in [0.3, 0.4) is 0 Å². The first-order valence-electron chi connectivity index (χ1n) is 4.74. The van der Waals surface area contributed by atoms with Gasteiger partial charge in [0.05, 0.1) is 0 Å². The highest BCUT2D eigenvalue weighted by molar-refractivity contribution is 7.09. The minimum absolute atomic E-state index is 1.01. The monoisotopic (exact) mass is 198 g/mol. The maximum atomic E-state index is 3.42. The molecule has 1 N–H and O–H groups in total. The Labute approximate surface area is 84.6 Å². The molecule has 0 aliphatic carbocycles. The Morgan fingerprint density at radius 1 is 1.54 bits per heavy atom. The van der Waals surface area contributed by atoms with Crippen molar-refractivity contribution in [3.05, 3.63) is 22.4 Å². The third-order valence-electron chi connectivity index (χ3n) is 2.09. The summed E-state index contributed by atoms with van der Waals surface area (Å²) in [7, 11) is 2.15. The molecule has 0 amide bonds. The van der Waals surface area contributed by atoms with Gasteiger partial charge in [0.25, 0.3) is 0 Å². The Hall–Kier alpha value is -0.380. The summed E-state index contributed by atoms with van der Waals surface area (Å²) in [6, 6.07) is 4.26. The van der Waals surface area contributed by atoms with E-state index >= 15 is 0 Å². The smallest absolute Gasteiger partial charge is 0.0300 e. The molecular formula is C10H18N2S. The fraction of sp³-hybridized carbons (Fsp3) is 0.600. The molecule has 0 fully saturated rings. The Kier molecular flexibility index (Phi) is 5.05. The summed E-state index contributed by atoms with van der Waals surface area (Å²) in [6.07, 6.45) is 0. The Bertz CT molecular complexity index is 209. The van der Waals surface area contributed by atoms with Crippen molar-refractivity contribution in [1.82, 2.24) is 10.2 Å². The summed E-state index contributed by atoms with van der Waals surface area (Å²) in [5.74, 6) is 0. The standard InChI is InChI=1S/C10H18N2S/c1-3-12(2)7-6-11-9-10-5-4-8-13-10/h4-5,8,11H,3,6-7,9H2,1-2H3. The van der Waals surface area contributed by atoms with Crippen molar-refractivity contribution in [3.63, 3.8) is 0 Å². The van der Waals surface area contributed by atoms with Crippen LogP contribution in [0.2, 0.25) is 0 Å². The molecule has 1 aromatic heterocycles. The van der Waals surface area contributed by atoms with E-state index in [1.54, 1.807) is 0 Å². The molecular weight excluding hydrogens is 180 g/mol. The van der Waals surface area contributed by atoms with Gasteiger partial charge in [0, 0.05) is 24.5 Å². The molecule has 0 atom stereocenters. The van der Waals surface area contributed by atoms with Crippen molar-refractivity contribution in [2.45, 2.75) is 13.5 Å². The number of thiophene rings is 1. The molecule has 0 unspecified atom stereocenters. The van der Waals surface area contributed by atoms with Gasteiger partial charge in [-0.3, -0.25) is 0 Å². The second kappa shape index (κ2) is 6.13. The first kappa shape index (κ1) is 10.7. The van der Waals surface area contributed by atoms with Crippen LogP contribution < -0.4 is 5.32 Å². The first-order chi connectivity index (χ1) is 6.33. The van der Waals surface area contributed by atoms with Crippen molar-refractivity contribution in [1.29, 1.82) is 0 Å². The zero-order valence-corrected chi connectivity index (χ0v) is 9.23. The van der Waals surface area contributed by atoms with Crippen LogP contribution in [-0.4, -0.2) is 31.6 Å². The van der Waals surface area contributed by atoms with E-state index in [2.05, 4.69) is 41.7 Å². The van der Waals surface area contributed by atoms with E-state index < -0.39 is 0 Å². The zero-order chi connectivity index (χ0) is 9.52. The average Bonchev–Trinajstić information content (AvgIpc) is 2.64. The molecule has 0 spiro atoms. The highest BCUT2D eigenvalue weighted by atomic mass is 32.1. The molecule has 13 heavy (non-hydrogen) atoms. The van der Waals surface area contributed by atoms with Gasteiger partial charge in [-0.1, -0.05) is 13.0 Å². The van der Waals surface area contributed by atoms with Gasteiger partial charge in [0.2, 0.25) is 0 Å². The maximum absolute atomic E-state index is 3.42. The average molecular weight is 198 g/mol. The molecule has 0 saturated carbocycles. The van der Waals surface area contributed by atoms with E-state index in [1.807, 2.05) is 11.3 Å². The first-order valence-corrected chi connectivity index (χ1v) is 5.62. The van der Waals surface area contributed by atoms with Gasteiger partial charge in [0.1, 0.15) is 0 Å². The van der Waals surface area contributed by atoms with Crippen LogP contribution in [0.25, 0.3) is 0 Å². The third kappa shape index (κ3) is 4.41. The van der Waals surface area contributed by atoms with Crippen molar-refractivity contribution < 1.29 is 0 Å². The molecule has 2 nitrogen and oxygen atoms in total. The highest BCUT2D eigenvalue weighted by Gasteiger charge is 1.94. The van der Waals surface area contributed by atoms with E-state index in [0.717, 1.165) is 26.2 Å². The molecule has 74 valence electrons. The van der Waals surface area contributed by atoms with Crippen LogP contribution in [-0.2, 0) is 6.54 Å². The molecule has 0 aliphatic rings. The van der Waals surface area contributed by atoms with Gasteiger partial charge in [0.15, 0.2) is 0 Å². The van der Waals surface area contributed by atoms with E-state index in [0.29, 0.717) is 0 Å². The molecule has 3 heteroatoms. The predicted octanol–water partition coefficient (Wildman–Crippen LogP) is 1.79. The minimum Gasteiger partial charge on any atom is -0.311 e. The fourth-order valence-corrected chi connectivity index (χ4v) is 1.73. The lowest BCUT2D eigenvalue weighted by Gasteiger charge is -2.13. The highest BCUT2D eigenvalue weighted by Crippen LogP contribution is 2.06. The summed E-state index contributed by atoms with van der Waals surface area (Å²) >= 11 is 1.81. The van der Waals surface area contributed by atoms with Crippen LogP contribution in [0.4, 0.5) is 0 Å². The van der Waals surface area contributed by atoms with E-state index in [1.165, 1.54) is 4.88 Å². The van der Waals surface area contributed by atoms with Crippen molar-refractivity contribution in [2.75, 3.05) is 26.7 Å². The normalized spacial score (nSPS) is 11.0. The van der Waals surface area contributed by atoms with Crippen LogP contribution in [0.5, 0.6) is 0 Å². The van der Waals surface area contributed by atoms with Gasteiger partial charge in [-0.05, 0) is 25.0 Å². The van der Waals surface area contributed by atoms with Crippen LogP contribution in [0.15, 0.2) is 17.5 Å². The SMILES string of the molecule is CCN(C)CCNCc1cccs1. The van der Waals surface area contributed by atoms with Crippen LogP contribution in [0, 0.1) is 0 Å². The topological polar surface area (TPSA) is 15.3 Å². The van der Waals surface area contributed by atoms with Crippen LogP contribution >= 0.6 is 11.3 Å². The Balaban J connectivity index is 2.02. The largest absolute Gasteiger partial charge is 0.311 e. The van der Waals surface area contributed by atoms with Gasteiger partial charge in [-0.15, -0.1) is 11.3 Å².